The van der Waals surface area contributed by atoms with Crippen molar-refractivity contribution in [3.8, 4) is 5.88 Å². The van der Waals surface area contributed by atoms with Crippen LogP contribution in [0.4, 0.5) is 0 Å². The van der Waals surface area contributed by atoms with E-state index in [1.54, 1.807) is 0 Å². The van der Waals surface area contributed by atoms with Gasteiger partial charge in [-0.05, 0) is 19.8 Å². The van der Waals surface area contributed by atoms with E-state index in [0.29, 0.717) is 6.10 Å². The number of nitrogens with one attached hydrogen (secondary N) is 1. The van der Waals surface area contributed by atoms with Crippen molar-refractivity contribution in [2.75, 3.05) is 0 Å². The smallest absolute Gasteiger partial charge is 0.221 e. The Kier molecular flexibility index (Phi) is 1.70. The van der Waals surface area contributed by atoms with E-state index >= 15 is 0 Å². The van der Waals surface area contributed by atoms with Crippen molar-refractivity contribution in [1.29, 1.82) is 0 Å². The lowest BCUT2D eigenvalue weighted by atomic mass is 10.2. The average Bonchev–Trinajstić information content (AvgIpc) is 2.81. The molecule has 4 nitrogen and oxygen atoms in total. The topological polar surface area (TPSA) is 47.0 Å². The summed E-state index contributed by atoms with van der Waals surface area (Å²) in [6.07, 6.45) is 2.75. The Hall–Kier alpha value is -1.16. The summed E-state index contributed by atoms with van der Waals surface area (Å²) in [5.41, 5.74) is 2.26. The number of fused-ring (bicyclic) bond motifs is 1. The van der Waals surface area contributed by atoms with Gasteiger partial charge in [0.2, 0.25) is 5.88 Å². The Labute approximate surface area is 82.7 Å². The van der Waals surface area contributed by atoms with Crippen molar-refractivity contribution in [2.45, 2.75) is 39.0 Å². The van der Waals surface area contributed by atoms with Crippen LogP contribution >= 0.6 is 0 Å². The molecule has 74 valence electrons. The molecular formula is C10H13N3O. The lowest BCUT2D eigenvalue weighted by molar-refractivity contribution is 0.286. The minimum absolute atomic E-state index is 0.411. The van der Waals surface area contributed by atoms with E-state index in [1.165, 1.54) is 12.8 Å². The number of hydrogen-bond donors (Lipinski definition) is 1. The maximum atomic E-state index is 5.76. The van der Waals surface area contributed by atoms with E-state index < -0.39 is 0 Å². The lowest BCUT2D eigenvalue weighted by Crippen LogP contribution is -2.05. The molecule has 0 atom stereocenters. The summed E-state index contributed by atoms with van der Waals surface area (Å²) in [7, 11) is 0. The summed E-state index contributed by atoms with van der Waals surface area (Å²) in [6.45, 7) is 3.61. The number of rotatable bonds is 2. The van der Waals surface area contributed by atoms with Gasteiger partial charge in [0.1, 0.15) is 11.9 Å². The first kappa shape index (κ1) is 8.17. The molecule has 1 N–H and O–H groups in total. The van der Waals surface area contributed by atoms with Crippen molar-refractivity contribution in [3.05, 3.63) is 17.1 Å². The molecule has 1 aliphatic carbocycles. The van der Waals surface area contributed by atoms with E-state index in [9.17, 15) is 0 Å². The largest absolute Gasteiger partial charge is 0.474 e. The maximum absolute atomic E-state index is 5.76. The average molecular weight is 191 g/mol. The number of aryl methyl sites for hydroxylation is 1. The third-order valence-corrected chi connectivity index (χ3v) is 2.56. The fourth-order valence-corrected chi connectivity index (χ4v) is 1.70. The molecular weight excluding hydrogens is 178 g/mol. The third kappa shape index (κ3) is 1.35. The van der Waals surface area contributed by atoms with Gasteiger partial charge in [-0.25, -0.2) is 4.98 Å². The van der Waals surface area contributed by atoms with Crippen LogP contribution in [0.1, 0.15) is 29.9 Å². The second-order valence-corrected chi connectivity index (χ2v) is 3.92. The van der Waals surface area contributed by atoms with Gasteiger partial charge in [0.15, 0.2) is 0 Å². The standard InChI is InChI=1S/C10H13N3O/c1-6-12-9-5-11-4-8(9)10(13-6)14-7-2-3-7/h7,11H,2-5H2,1H3. The minimum atomic E-state index is 0.411. The van der Waals surface area contributed by atoms with Gasteiger partial charge in [-0.1, -0.05) is 0 Å². The fourth-order valence-electron chi connectivity index (χ4n) is 1.70. The van der Waals surface area contributed by atoms with Crippen molar-refractivity contribution >= 4 is 0 Å². The Morgan fingerprint density at radius 2 is 2.14 bits per heavy atom. The Morgan fingerprint density at radius 1 is 1.29 bits per heavy atom. The molecule has 0 aromatic carbocycles. The summed E-state index contributed by atoms with van der Waals surface area (Å²) >= 11 is 0. The molecule has 0 amide bonds. The lowest BCUT2D eigenvalue weighted by Gasteiger charge is -2.08. The Bertz CT molecular complexity index is 374. The summed E-state index contributed by atoms with van der Waals surface area (Å²) in [4.78, 5) is 8.74. The highest BCUT2D eigenvalue weighted by Gasteiger charge is 2.27. The number of aromatic nitrogens is 2. The van der Waals surface area contributed by atoms with Gasteiger partial charge in [0.25, 0.3) is 0 Å². The molecule has 0 saturated heterocycles. The van der Waals surface area contributed by atoms with Gasteiger partial charge in [-0.3, -0.25) is 0 Å². The first-order chi connectivity index (χ1) is 6.83. The van der Waals surface area contributed by atoms with Crippen LogP contribution in [-0.2, 0) is 13.1 Å². The fraction of sp³-hybridized carbons (Fsp3) is 0.600. The Balaban J connectivity index is 1.99. The molecule has 1 aromatic heterocycles. The molecule has 0 spiro atoms. The second-order valence-electron chi connectivity index (χ2n) is 3.92. The van der Waals surface area contributed by atoms with Crippen molar-refractivity contribution < 1.29 is 4.74 Å². The third-order valence-electron chi connectivity index (χ3n) is 2.56. The first-order valence-electron chi connectivity index (χ1n) is 5.06. The Morgan fingerprint density at radius 3 is 2.93 bits per heavy atom. The molecule has 3 rings (SSSR count). The van der Waals surface area contributed by atoms with Crippen LogP contribution in [0.3, 0.4) is 0 Å². The molecule has 1 saturated carbocycles. The SMILES string of the molecule is Cc1nc2c(c(OC3CC3)n1)CNC2. The van der Waals surface area contributed by atoms with E-state index in [2.05, 4.69) is 15.3 Å². The van der Waals surface area contributed by atoms with Gasteiger partial charge in [-0.15, -0.1) is 0 Å². The van der Waals surface area contributed by atoms with Gasteiger partial charge in [0.05, 0.1) is 11.3 Å². The molecule has 0 bridgehead atoms. The van der Waals surface area contributed by atoms with E-state index in [0.717, 1.165) is 36.1 Å². The molecule has 0 unspecified atom stereocenters. The van der Waals surface area contributed by atoms with Crippen molar-refractivity contribution in [3.63, 3.8) is 0 Å². The molecule has 4 heteroatoms. The predicted octanol–water partition coefficient (Wildman–Crippen LogP) is 0.929. The highest BCUT2D eigenvalue weighted by Crippen LogP contribution is 2.30. The molecule has 2 aliphatic rings. The normalized spacial score (nSPS) is 19.5. The van der Waals surface area contributed by atoms with E-state index in [-0.39, 0.29) is 0 Å². The van der Waals surface area contributed by atoms with Crippen LogP contribution in [0.15, 0.2) is 0 Å². The van der Waals surface area contributed by atoms with Gasteiger partial charge >= 0.3 is 0 Å². The van der Waals surface area contributed by atoms with Crippen LogP contribution in [0.5, 0.6) is 5.88 Å². The molecule has 1 aromatic rings. The summed E-state index contributed by atoms with van der Waals surface area (Å²) in [6, 6.07) is 0. The zero-order valence-electron chi connectivity index (χ0n) is 8.21. The van der Waals surface area contributed by atoms with Crippen LogP contribution < -0.4 is 10.1 Å². The van der Waals surface area contributed by atoms with E-state index in [4.69, 9.17) is 4.74 Å². The molecule has 1 fully saturated rings. The molecule has 1 aliphatic heterocycles. The van der Waals surface area contributed by atoms with Gasteiger partial charge in [-0.2, -0.15) is 4.98 Å². The first-order valence-corrected chi connectivity index (χ1v) is 5.06. The summed E-state index contributed by atoms with van der Waals surface area (Å²) in [5.74, 6) is 1.61. The van der Waals surface area contributed by atoms with Crippen molar-refractivity contribution in [1.82, 2.24) is 15.3 Å². The van der Waals surface area contributed by atoms with Crippen molar-refractivity contribution in [2.24, 2.45) is 0 Å². The molecule has 0 radical (unpaired) electrons. The van der Waals surface area contributed by atoms with Gasteiger partial charge in [0, 0.05) is 13.1 Å². The van der Waals surface area contributed by atoms with Crippen LogP contribution in [0, 0.1) is 6.92 Å². The maximum Gasteiger partial charge on any atom is 0.221 e. The molecule has 2 heterocycles. The quantitative estimate of drug-likeness (QED) is 0.755. The van der Waals surface area contributed by atoms with Crippen LogP contribution in [-0.4, -0.2) is 16.1 Å². The molecule has 14 heavy (non-hydrogen) atoms. The minimum Gasteiger partial charge on any atom is -0.474 e. The zero-order chi connectivity index (χ0) is 9.54. The van der Waals surface area contributed by atoms with Crippen LogP contribution in [0.25, 0.3) is 0 Å². The predicted molar refractivity (Wildman–Crippen MR) is 51.0 cm³/mol. The second kappa shape index (κ2) is 2.92. The summed E-state index contributed by atoms with van der Waals surface area (Å²) < 4.78 is 5.76. The summed E-state index contributed by atoms with van der Waals surface area (Å²) in [5, 5.41) is 3.27. The number of hydrogen-bond acceptors (Lipinski definition) is 4. The van der Waals surface area contributed by atoms with Gasteiger partial charge < -0.3 is 10.1 Å². The zero-order valence-corrected chi connectivity index (χ0v) is 8.21. The number of nitrogens with zero attached hydrogens (tertiary/aromatic N) is 2. The highest BCUT2D eigenvalue weighted by molar-refractivity contribution is 5.34. The number of ether oxygens (including phenoxy) is 1. The van der Waals surface area contributed by atoms with Crippen LogP contribution in [0.2, 0.25) is 0 Å². The highest BCUT2D eigenvalue weighted by atomic mass is 16.5. The van der Waals surface area contributed by atoms with E-state index in [1.807, 2.05) is 6.92 Å². The monoisotopic (exact) mass is 191 g/mol.